The van der Waals surface area contributed by atoms with E-state index >= 15 is 0 Å². The number of benzene rings is 2. The van der Waals surface area contributed by atoms with Gasteiger partial charge < -0.3 is 14.3 Å². The molecule has 0 saturated heterocycles. The monoisotopic (exact) mass is 326 g/mol. The van der Waals surface area contributed by atoms with Crippen molar-refractivity contribution in [1.29, 1.82) is 0 Å². The molecule has 0 aliphatic carbocycles. The third kappa shape index (κ3) is 2.52. The van der Waals surface area contributed by atoms with Gasteiger partial charge in [-0.05, 0) is 26.8 Å². The molecule has 1 N–H and O–H groups in total. The van der Waals surface area contributed by atoms with Gasteiger partial charge >= 0.3 is 5.97 Å². The predicted molar refractivity (Wildman–Crippen MR) is 90.5 cm³/mol. The molecule has 0 spiro atoms. The number of carbonyl (C=O) groups excluding carboxylic acids is 2. The molecule has 1 aromatic heterocycles. The van der Waals surface area contributed by atoms with Gasteiger partial charge in [0.1, 0.15) is 5.75 Å². The molecule has 24 heavy (non-hydrogen) atoms. The van der Waals surface area contributed by atoms with Crippen molar-refractivity contribution < 1.29 is 23.8 Å². The molecule has 0 atom stereocenters. The molecule has 5 nitrogen and oxygen atoms in total. The van der Waals surface area contributed by atoms with E-state index in [0.29, 0.717) is 16.2 Å². The molecule has 0 bridgehead atoms. The van der Waals surface area contributed by atoms with E-state index in [2.05, 4.69) is 0 Å². The molecule has 1 heterocycles. The molecule has 0 aliphatic rings. The van der Waals surface area contributed by atoms with E-state index < -0.39 is 11.4 Å². The SMILES string of the molecule is CC(=O)c1cc2c(O)c3ccccc3c(OC(=O)C(C)(C)C)c2o1. The van der Waals surface area contributed by atoms with Crippen LogP contribution >= 0.6 is 0 Å². The number of hydrogen-bond acceptors (Lipinski definition) is 5. The molecular formula is C19H18O5. The zero-order valence-electron chi connectivity index (χ0n) is 14.0. The summed E-state index contributed by atoms with van der Waals surface area (Å²) in [5, 5.41) is 11.9. The average Bonchev–Trinajstić information content (AvgIpc) is 2.96. The van der Waals surface area contributed by atoms with E-state index in [1.54, 1.807) is 45.0 Å². The number of hydrogen-bond donors (Lipinski definition) is 1. The number of phenols is 1. The van der Waals surface area contributed by atoms with Crippen LogP contribution in [-0.2, 0) is 4.79 Å². The van der Waals surface area contributed by atoms with Crippen molar-refractivity contribution in [1.82, 2.24) is 0 Å². The lowest BCUT2D eigenvalue weighted by Gasteiger charge is -2.17. The van der Waals surface area contributed by atoms with Crippen molar-refractivity contribution in [3.05, 3.63) is 36.1 Å². The molecule has 0 saturated carbocycles. The van der Waals surface area contributed by atoms with E-state index in [4.69, 9.17) is 9.15 Å². The molecule has 0 aliphatic heterocycles. The molecule has 0 radical (unpaired) electrons. The molecule has 3 rings (SSSR count). The number of furan rings is 1. The number of esters is 1. The van der Waals surface area contributed by atoms with Crippen molar-refractivity contribution in [2.75, 3.05) is 0 Å². The van der Waals surface area contributed by atoms with Gasteiger partial charge in [-0.1, -0.05) is 24.3 Å². The lowest BCUT2D eigenvalue weighted by molar-refractivity contribution is -0.142. The highest BCUT2D eigenvalue weighted by Crippen LogP contribution is 2.44. The summed E-state index contributed by atoms with van der Waals surface area (Å²) < 4.78 is 11.2. The van der Waals surface area contributed by atoms with Crippen molar-refractivity contribution in [3.63, 3.8) is 0 Å². The summed E-state index contributed by atoms with van der Waals surface area (Å²) in [5.74, 6) is -0.398. The fraction of sp³-hybridized carbons (Fsp3) is 0.263. The van der Waals surface area contributed by atoms with Crippen molar-refractivity contribution in [2.24, 2.45) is 5.41 Å². The maximum Gasteiger partial charge on any atom is 0.316 e. The number of ketones is 1. The Morgan fingerprint density at radius 3 is 2.29 bits per heavy atom. The lowest BCUT2D eigenvalue weighted by atomic mass is 9.97. The van der Waals surface area contributed by atoms with Gasteiger partial charge in [-0.25, -0.2) is 0 Å². The summed E-state index contributed by atoms with van der Waals surface area (Å²) in [4.78, 5) is 24.0. The number of carbonyl (C=O) groups is 2. The summed E-state index contributed by atoms with van der Waals surface area (Å²) in [6.07, 6.45) is 0. The fourth-order valence-electron chi connectivity index (χ4n) is 2.41. The summed E-state index contributed by atoms with van der Waals surface area (Å²) in [7, 11) is 0. The Morgan fingerprint density at radius 1 is 1.08 bits per heavy atom. The zero-order valence-corrected chi connectivity index (χ0v) is 14.0. The first-order valence-electron chi connectivity index (χ1n) is 7.60. The van der Waals surface area contributed by atoms with Crippen LogP contribution in [0.1, 0.15) is 38.2 Å². The topological polar surface area (TPSA) is 76.7 Å². The summed E-state index contributed by atoms with van der Waals surface area (Å²) in [5.41, 5.74) is -0.518. The number of rotatable bonds is 2. The van der Waals surface area contributed by atoms with E-state index in [9.17, 15) is 14.7 Å². The highest BCUT2D eigenvalue weighted by atomic mass is 16.5. The Labute approximate surface area is 138 Å². The Morgan fingerprint density at radius 2 is 1.71 bits per heavy atom. The third-order valence-corrected chi connectivity index (χ3v) is 3.77. The second kappa shape index (κ2) is 5.37. The number of Topliss-reactive ketones (excluding diaryl/α,β-unsaturated/α-hetero) is 1. The van der Waals surface area contributed by atoms with Crippen LogP contribution in [0, 0.1) is 5.41 Å². The second-order valence-electron chi connectivity index (χ2n) is 6.77. The molecule has 0 unspecified atom stereocenters. The average molecular weight is 326 g/mol. The van der Waals surface area contributed by atoms with Gasteiger partial charge in [0.05, 0.1) is 10.8 Å². The van der Waals surface area contributed by atoms with E-state index in [-0.39, 0.29) is 28.6 Å². The maximum atomic E-state index is 12.4. The molecule has 0 amide bonds. The largest absolute Gasteiger partial charge is 0.507 e. The molecule has 2 aromatic carbocycles. The Kier molecular flexibility index (Phi) is 3.59. The van der Waals surface area contributed by atoms with Crippen LogP contribution in [0.5, 0.6) is 11.5 Å². The van der Waals surface area contributed by atoms with E-state index in [0.717, 1.165) is 0 Å². The van der Waals surface area contributed by atoms with Crippen molar-refractivity contribution >= 4 is 33.5 Å². The molecule has 5 heteroatoms. The Hall–Kier alpha value is -2.82. The number of aromatic hydroxyl groups is 1. The first-order chi connectivity index (χ1) is 11.2. The summed E-state index contributed by atoms with van der Waals surface area (Å²) >= 11 is 0. The predicted octanol–water partition coefficient (Wildman–Crippen LogP) is 4.45. The molecule has 3 aromatic rings. The Balaban J connectivity index is 2.36. The minimum Gasteiger partial charge on any atom is -0.507 e. The lowest BCUT2D eigenvalue weighted by Crippen LogP contribution is -2.25. The quantitative estimate of drug-likeness (QED) is 0.428. The van der Waals surface area contributed by atoms with E-state index in [1.807, 2.05) is 0 Å². The smallest absolute Gasteiger partial charge is 0.316 e. The standard InChI is InChI=1S/C19H18O5/c1-10(20)14-9-13-15(21)11-7-5-6-8-12(11)16(17(13)23-14)24-18(22)19(2,3)4/h5-9,21H,1-4H3. The van der Waals surface area contributed by atoms with Crippen LogP contribution in [0.25, 0.3) is 21.7 Å². The third-order valence-electron chi connectivity index (χ3n) is 3.77. The van der Waals surface area contributed by atoms with Crippen LogP contribution in [0.3, 0.4) is 0 Å². The maximum absolute atomic E-state index is 12.4. The molecular weight excluding hydrogens is 308 g/mol. The zero-order chi connectivity index (χ0) is 17.6. The van der Waals surface area contributed by atoms with Gasteiger partial charge in [-0.3, -0.25) is 9.59 Å². The van der Waals surface area contributed by atoms with Gasteiger partial charge in [0.25, 0.3) is 0 Å². The number of fused-ring (bicyclic) bond motifs is 2. The minimum atomic E-state index is -0.707. The minimum absolute atomic E-state index is 0.00703. The normalized spacial score (nSPS) is 11.8. The van der Waals surface area contributed by atoms with E-state index in [1.165, 1.54) is 13.0 Å². The van der Waals surface area contributed by atoms with Crippen LogP contribution in [0.2, 0.25) is 0 Å². The first kappa shape index (κ1) is 16.1. The van der Waals surface area contributed by atoms with Gasteiger partial charge in [0.15, 0.2) is 22.9 Å². The van der Waals surface area contributed by atoms with Gasteiger partial charge in [0.2, 0.25) is 0 Å². The highest BCUT2D eigenvalue weighted by Gasteiger charge is 2.28. The van der Waals surface area contributed by atoms with Crippen LogP contribution in [-0.4, -0.2) is 16.9 Å². The summed E-state index contributed by atoms with van der Waals surface area (Å²) in [6.45, 7) is 6.62. The van der Waals surface area contributed by atoms with Crippen LogP contribution < -0.4 is 4.74 Å². The molecule has 124 valence electrons. The van der Waals surface area contributed by atoms with Crippen LogP contribution in [0.4, 0.5) is 0 Å². The van der Waals surface area contributed by atoms with Crippen molar-refractivity contribution in [3.8, 4) is 11.5 Å². The highest BCUT2D eigenvalue weighted by molar-refractivity contribution is 6.11. The summed E-state index contributed by atoms with van der Waals surface area (Å²) in [6, 6.07) is 8.47. The number of ether oxygens (including phenoxy) is 1. The van der Waals surface area contributed by atoms with Gasteiger partial charge in [-0.2, -0.15) is 0 Å². The fourth-order valence-corrected chi connectivity index (χ4v) is 2.41. The van der Waals surface area contributed by atoms with Gasteiger partial charge in [0, 0.05) is 17.7 Å². The first-order valence-corrected chi connectivity index (χ1v) is 7.60. The van der Waals surface area contributed by atoms with Crippen molar-refractivity contribution in [2.45, 2.75) is 27.7 Å². The Bertz CT molecular complexity index is 973. The van der Waals surface area contributed by atoms with Gasteiger partial charge in [-0.15, -0.1) is 0 Å². The molecule has 0 fully saturated rings. The number of phenolic OH excluding ortho intramolecular Hbond substituents is 1. The van der Waals surface area contributed by atoms with Crippen LogP contribution in [0.15, 0.2) is 34.7 Å². The second-order valence-corrected chi connectivity index (χ2v) is 6.77.